The molecule has 0 atom stereocenters. The number of halogens is 1. The van der Waals surface area contributed by atoms with E-state index in [-0.39, 0.29) is 5.91 Å². The Morgan fingerprint density at radius 1 is 0.968 bits per heavy atom. The van der Waals surface area contributed by atoms with E-state index < -0.39 is 0 Å². The van der Waals surface area contributed by atoms with Crippen LogP contribution in [-0.2, 0) is 6.54 Å². The molecular weight excluding hydrogens is 426 g/mol. The van der Waals surface area contributed by atoms with E-state index in [1.54, 1.807) is 6.21 Å². The van der Waals surface area contributed by atoms with Gasteiger partial charge in [0.05, 0.1) is 11.2 Å². The Balaban J connectivity index is 1.40. The molecule has 0 radical (unpaired) electrons. The third kappa shape index (κ3) is 3.85. The summed E-state index contributed by atoms with van der Waals surface area (Å²) < 4.78 is 3.17. The Bertz CT molecular complexity index is 1420. The van der Waals surface area contributed by atoms with Gasteiger partial charge in [0.15, 0.2) is 0 Å². The minimum absolute atomic E-state index is 0.310. The summed E-state index contributed by atoms with van der Waals surface area (Å²) in [6.45, 7) is 0.763. The zero-order chi connectivity index (χ0) is 21.2. The van der Waals surface area contributed by atoms with Crippen LogP contribution in [0.5, 0.6) is 0 Å². The lowest BCUT2D eigenvalue weighted by Crippen LogP contribution is -2.16. The van der Waals surface area contributed by atoms with Crippen LogP contribution >= 0.6 is 22.9 Å². The molecular formula is C25H18ClN3OS. The van der Waals surface area contributed by atoms with Crippen molar-refractivity contribution in [3.8, 4) is 0 Å². The number of carbonyl (C=O) groups excluding carboxylic acids is 1. The number of carbonyl (C=O) groups is 1. The summed E-state index contributed by atoms with van der Waals surface area (Å²) in [6, 6.07) is 26.2. The summed E-state index contributed by atoms with van der Waals surface area (Å²) in [4.78, 5) is 13.1. The third-order valence-corrected chi connectivity index (χ3v) is 6.80. The van der Waals surface area contributed by atoms with Crippen LogP contribution in [0.25, 0.3) is 21.0 Å². The molecule has 0 unspecified atom stereocenters. The van der Waals surface area contributed by atoms with Gasteiger partial charge in [-0.1, -0.05) is 78.3 Å². The Hall–Kier alpha value is -3.41. The molecule has 0 bridgehead atoms. The quantitative estimate of drug-likeness (QED) is 0.250. The minimum atomic E-state index is -0.310. The Morgan fingerprint density at radius 3 is 2.48 bits per heavy atom. The molecule has 0 fully saturated rings. The molecule has 5 aromatic rings. The van der Waals surface area contributed by atoms with E-state index >= 15 is 0 Å². The van der Waals surface area contributed by atoms with E-state index in [1.807, 2.05) is 54.6 Å². The van der Waals surface area contributed by atoms with Crippen LogP contribution in [0.4, 0.5) is 0 Å². The predicted molar refractivity (Wildman–Crippen MR) is 129 cm³/mol. The largest absolute Gasteiger partial charge is 0.342 e. The molecule has 152 valence electrons. The lowest BCUT2D eigenvalue weighted by atomic mass is 10.2. The highest BCUT2D eigenvalue weighted by atomic mass is 35.5. The van der Waals surface area contributed by atoms with Crippen LogP contribution in [0.3, 0.4) is 0 Å². The van der Waals surface area contributed by atoms with Crippen LogP contribution in [0.15, 0.2) is 90.2 Å². The smallest absolute Gasteiger partial charge is 0.283 e. The lowest BCUT2D eigenvalue weighted by Gasteiger charge is -2.05. The summed E-state index contributed by atoms with van der Waals surface area (Å²) in [5.74, 6) is -0.310. The number of fused-ring (bicyclic) bond motifs is 2. The molecule has 1 N–H and O–H groups in total. The van der Waals surface area contributed by atoms with E-state index in [0.29, 0.717) is 9.90 Å². The summed E-state index contributed by atoms with van der Waals surface area (Å²) >= 11 is 7.76. The van der Waals surface area contributed by atoms with Crippen molar-refractivity contribution in [3.05, 3.63) is 106 Å². The zero-order valence-electron chi connectivity index (χ0n) is 16.5. The molecule has 0 aliphatic heterocycles. The van der Waals surface area contributed by atoms with Gasteiger partial charge in [0.1, 0.15) is 4.88 Å². The van der Waals surface area contributed by atoms with Gasteiger partial charge in [0.25, 0.3) is 5.91 Å². The molecule has 4 nitrogen and oxygen atoms in total. The Morgan fingerprint density at radius 2 is 1.68 bits per heavy atom. The molecule has 5 rings (SSSR count). The number of hydrogen-bond donors (Lipinski definition) is 1. The average molecular weight is 444 g/mol. The van der Waals surface area contributed by atoms with Crippen molar-refractivity contribution in [3.63, 3.8) is 0 Å². The Kier molecular flexibility index (Phi) is 5.28. The number of para-hydroxylation sites is 1. The molecule has 0 aliphatic carbocycles. The molecule has 3 aromatic carbocycles. The first-order chi connectivity index (χ1) is 15.2. The number of hydrogen-bond acceptors (Lipinski definition) is 3. The number of benzene rings is 3. The van der Waals surface area contributed by atoms with Gasteiger partial charge in [-0.15, -0.1) is 11.3 Å². The summed E-state index contributed by atoms with van der Waals surface area (Å²) in [5.41, 5.74) is 5.90. The maximum absolute atomic E-state index is 12.6. The van der Waals surface area contributed by atoms with Crippen molar-refractivity contribution < 1.29 is 4.79 Å². The molecule has 2 aromatic heterocycles. The number of amides is 1. The number of aromatic nitrogens is 1. The molecule has 0 aliphatic rings. The van der Waals surface area contributed by atoms with Crippen LogP contribution in [0, 0.1) is 0 Å². The monoisotopic (exact) mass is 443 g/mol. The van der Waals surface area contributed by atoms with Crippen LogP contribution in [-0.4, -0.2) is 16.7 Å². The van der Waals surface area contributed by atoms with Gasteiger partial charge in [-0.3, -0.25) is 4.79 Å². The summed E-state index contributed by atoms with van der Waals surface area (Å²) in [6.07, 6.45) is 3.74. The van der Waals surface area contributed by atoms with Crippen molar-refractivity contribution in [1.29, 1.82) is 0 Å². The third-order valence-electron chi connectivity index (χ3n) is 5.13. The number of rotatable bonds is 5. The molecule has 2 heterocycles. The van der Waals surface area contributed by atoms with Crippen LogP contribution in [0.1, 0.15) is 20.8 Å². The predicted octanol–water partition coefficient (Wildman–Crippen LogP) is 6.32. The fourth-order valence-electron chi connectivity index (χ4n) is 3.66. The zero-order valence-corrected chi connectivity index (χ0v) is 18.0. The van der Waals surface area contributed by atoms with Gasteiger partial charge in [-0.2, -0.15) is 5.10 Å². The summed E-state index contributed by atoms with van der Waals surface area (Å²) in [5, 5.41) is 6.64. The first-order valence-corrected chi connectivity index (χ1v) is 11.0. The van der Waals surface area contributed by atoms with Gasteiger partial charge in [-0.05, 0) is 17.7 Å². The van der Waals surface area contributed by atoms with Gasteiger partial charge in [0, 0.05) is 39.3 Å². The fraction of sp³-hybridized carbons (Fsp3) is 0.0400. The van der Waals surface area contributed by atoms with Crippen molar-refractivity contribution >= 4 is 56.0 Å². The van der Waals surface area contributed by atoms with Crippen molar-refractivity contribution in [2.24, 2.45) is 5.10 Å². The minimum Gasteiger partial charge on any atom is -0.342 e. The van der Waals surface area contributed by atoms with Crippen molar-refractivity contribution in [2.45, 2.75) is 6.54 Å². The van der Waals surface area contributed by atoms with Crippen molar-refractivity contribution in [1.82, 2.24) is 9.99 Å². The first-order valence-electron chi connectivity index (χ1n) is 9.83. The first kappa shape index (κ1) is 19.5. The summed E-state index contributed by atoms with van der Waals surface area (Å²) in [7, 11) is 0. The van der Waals surface area contributed by atoms with Gasteiger partial charge >= 0.3 is 0 Å². The second kappa shape index (κ2) is 8.38. The topological polar surface area (TPSA) is 46.4 Å². The molecule has 31 heavy (non-hydrogen) atoms. The molecule has 1 amide bonds. The second-order valence-electron chi connectivity index (χ2n) is 7.16. The highest BCUT2D eigenvalue weighted by Gasteiger charge is 2.16. The van der Waals surface area contributed by atoms with E-state index in [9.17, 15) is 4.79 Å². The molecule has 0 saturated heterocycles. The second-order valence-corrected chi connectivity index (χ2v) is 8.59. The SMILES string of the molecule is O=C(N/N=C\c1cn(Cc2ccccc2)c2ccccc12)c1sc2ccccc2c1Cl. The standard InChI is InChI=1S/C25H18ClN3OS/c26-23-20-11-5-7-13-22(20)31-24(23)25(30)28-27-14-18-16-29(15-17-8-2-1-3-9-17)21-12-6-4-10-19(18)21/h1-14,16H,15H2,(H,28,30)/b27-14-. The van der Waals surface area contributed by atoms with E-state index in [0.717, 1.165) is 33.1 Å². The number of thiophene rings is 1. The highest BCUT2D eigenvalue weighted by Crippen LogP contribution is 2.35. The van der Waals surface area contributed by atoms with Gasteiger partial charge in [0.2, 0.25) is 0 Å². The normalized spacial score (nSPS) is 11.5. The fourth-order valence-corrected chi connectivity index (χ4v) is 5.07. The number of hydrazone groups is 1. The number of nitrogens with zero attached hydrogens (tertiary/aromatic N) is 2. The van der Waals surface area contributed by atoms with E-state index in [1.165, 1.54) is 16.9 Å². The van der Waals surface area contributed by atoms with Gasteiger partial charge < -0.3 is 4.57 Å². The van der Waals surface area contributed by atoms with Crippen LogP contribution in [0.2, 0.25) is 5.02 Å². The maximum Gasteiger partial charge on any atom is 0.283 e. The van der Waals surface area contributed by atoms with Gasteiger partial charge in [-0.25, -0.2) is 5.43 Å². The maximum atomic E-state index is 12.6. The van der Waals surface area contributed by atoms with Crippen molar-refractivity contribution in [2.75, 3.05) is 0 Å². The average Bonchev–Trinajstić information content (AvgIpc) is 3.33. The molecule has 0 saturated carbocycles. The van der Waals surface area contributed by atoms with Crippen LogP contribution < -0.4 is 5.43 Å². The molecule has 0 spiro atoms. The Labute approximate surface area is 188 Å². The lowest BCUT2D eigenvalue weighted by molar-refractivity contribution is 0.0959. The van der Waals surface area contributed by atoms with E-state index in [2.05, 4.69) is 45.6 Å². The number of nitrogens with one attached hydrogen (secondary N) is 1. The highest BCUT2D eigenvalue weighted by molar-refractivity contribution is 7.21. The molecule has 6 heteroatoms. The van der Waals surface area contributed by atoms with E-state index in [4.69, 9.17) is 11.6 Å².